The maximum atomic E-state index is 6.17. The van der Waals surface area contributed by atoms with Crippen molar-refractivity contribution in [2.45, 2.75) is 45.1 Å². The number of pyridine rings is 1. The first kappa shape index (κ1) is 14.7. The minimum atomic E-state index is 0.424. The number of halogens is 2. The first-order valence-corrected chi connectivity index (χ1v) is 7.48. The van der Waals surface area contributed by atoms with Gasteiger partial charge in [0, 0.05) is 6.04 Å². The average Bonchev–Trinajstić information content (AvgIpc) is 2.42. The van der Waals surface area contributed by atoms with E-state index in [0.29, 0.717) is 27.7 Å². The Hall–Kier alpha value is -0.710. The van der Waals surface area contributed by atoms with E-state index in [1.807, 2.05) is 0 Å². The van der Waals surface area contributed by atoms with Crippen molar-refractivity contribution in [3.63, 3.8) is 0 Å². The maximum Gasteiger partial charge on any atom is 0.161 e. The van der Waals surface area contributed by atoms with E-state index in [9.17, 15) is 0 Å². The number of hydrazine groups is 1. The number of nitrogens with zero attached hydrogens (tertiary/aromatic N) is 1. The number of nitrogen functional groups attached to an aromatic ring is 1. The highest BCUT2D eigenvalue weighted by Gasteiger charge is 2.22. The molecule has 2 rings (SSSR count). The molecule has 0 radical (unpaired) electrons. The highest BCUT2D eigenvalue weighted by atomic mass is 35.5. The van der Waals surface area contributed by atoms with E-state index in [0.717, 1.165) is 12.3 Å². The molecular weight excluding hydrogens is 283 g/mol. The molecule has 0 bridgehead atoms. The number of hydrogen-bond donors (Lipinski definition) is 3. The lowest BCUT2D eigenvalue weighted by Gasteiger charge is -2.29. The van der Waals surface area contributed by atoms with Gasteiger partial charge in [0.15, 0.2) is 5.82 Å². The summed E-state index contributed by atoms with van der Waals surface area (Å²) in [5.74, 6) is 7.27. The Kier molecular flexibility index (Phi) is 5.13. The third-order valence-corrected chi connectivity index (χ3v) is 4.34. The van der Waals surface area contributed by atoms with Crippen molar-refractivity contribution in [2.75, 3.05) is 10.7 Å². The van der Waals surface area contributed by atoms with E-state index in [1.165, 1.54) is 25.7 Å². The molecule has 1 heterocycles. The zero-order chi connectivity index (χ0) is 13.8. The Morgan fingerprint density at radius 1 is 1.32 bits per heavy atom. The van der Waals surface area contributed by atoms with Crippen molar-refractivity contribution in [1.29, 1.82) is 0 Å². The van der Waals surface area contributed by atoms with E-state index in [1.54, 1.807) is 6.07 Å². The van der Waals surface area contributed by atoms with Crippen molar-refractivity contribution in [3.05, 3.63) is 16.1 Å². The lowest BCUT2D eigenvalue weighted by molar-refractivity contribution is 0.327. The van der Waals surface area contributed by atoms with Gasteiger partial charge in [-0.05, 0) is 24.8 Å². The Balaban J connectivity index is 2.10. The minimum absolute atomic E-state index is 0.424. The van der Waals surface area contributed by atoms with Crippen LogP contribution < -0.4 is 16.6 Å². The number of anilines is 2. The first-order chi connectivity index (χ1) is 9.13. The van der Waals surface area contributed by atoms with Gasteiger partial charge in [0.05, 0.1) is 10.0 Å². The Morgan fingerprint density at radius 3 is 2.74 bits per heavy atom. The van der Waals surface area contributed by atoms with Crippen LogP contribution in [0.5, 0.6) is 0 Å². The van der Waals surface area contributed by atoms with Crippen LogP contribution in [-0.4, -0.2) is 11.0 Å². The fraction of sp³-hybridized carbons (Fsp3) is 0.615. The summed E-state index contributed by atoms with van der Waals surface area (Å²) in [5, 5.41) is 4.37. The minimum Gasteiger partial charge on any atom is -0.366 e. The van der Waals surface area contributed by atoms with E-state index in [-0.39, 0.29) is 0 Å². The van der Waals surface area contributed by atoms with Gasteiger partial charge in [-0.3, -0.25) is 0 Å². The third-order valence-electron chi connectivity index (χ3n) is 3.77. The lowest BCUT2D eigenvalue weighted by atomic mass is 9.84. The molecule has 0 saturated heterocycles. The Morgan fingerprint density at radius 2 is 2.05 bits per heavy atom. The summed E-state index contributed by atoms with van der Waals surface area (Å²) in [6, 6.07) is 2.09. The van der Waals surface area contributed by atoms with Crippen LogP contribution >= 0.6 is 23.2 Å². The average molecular weight is 303 g/mol. The summed E-state index contributed by atoms with van der Waals surface area (Å²) in [7, 11) is 0. The van der Waals surface area contributed by atoms with E-state index in [4.69, 9.17) is 29.0 Å². The monoisotopic (exact) mass is 302 g/mol. The second-order valence-corrected chi connectivity index (χ2v) is 5.89. The fourth-order valence-electron chi connectivity index (χ4n) is 2.66. The molecule has 0 aliphatic heterocycles. The Labute approximate surface area is 124 Å². The lowest BCUT2D eigenvalue weighted by Crippen LogP contribution is -2.27. The van der Waals surface area contributed by atoms with Gasteiger partial charge in [-0.25, -0.2) is 10.8 Å². The molecule has 1 fully saturated rings. The number of hydrogen-bond acceptors (Lipinski definition) is 4. The quantitative estimate of drug-likeness (QED) is 0.580. The number of nitrogens with one attached hydrogen (secondary N) is 2. The van der Waals surface area contributed by atoms with Gasteiger partial charge < -0.3 is 10.7 Å². The van der Waals surface area contributed by atoms with Gasteiger partial charge in [-0.2, -0.15) is 0 Å². The predicted octanol–water partition coefficient (Wildman–Crippen LogP) is 4.05. The first-order valence-electron chi connectivity index (χ1n) is 6.73. The summed E-state index contributed by atoms with van der Waals surface area (Å²) in [4.78, 5) is 4.32. The van der Waals surface area contributed by atoms with Crippen LogP contribution in [0.25, 0.3) is 0 Å². The Bertz CT molecular complexity index is 439. The molecule has 2 unspecified atom stereocenters. The molecule has 106 valence electrons. The third kappa shape index (κ3) is 3.65. The molecule has 2 atom stereocenters. The molecule has 6 heteroatoms. The standard InChI is InChI=1S/C13H20Cl2N4/c1-2-8-4-3-5-9(6-8)17-12-10(14)7-11(15)13(18-12)19-16/h7-9H,2-6,16H2,1H3,(H2,17,18,19). The fourth-order valence-corrected chi connectivity index (χ4v) is 3.12. The molecule has 1 saturated carbocycles. The van der Waals surface area contributed by atoms with Crippen LogP contribution in [0.4, 0.5) is 11.6 Å². The molecular formula is C13H20Cl2N4. The van der Waals surface area contributed by atoms with Crippen LogP contribution in [0.1, 0.15) is 39.0 Å². The summed E-state index contributed by atoms with van der Waals surface area (Å²) in [6.07, 6.45) is 6.13. The second-order valence-electron chi connectivity index (χ2n) is 5.08. The van der Waals surface area contributed by atoms with Crippen LogP contribution in [0.3, 0.4) is 0 Å². The maximum absolute atomic E-state index is 6.17. The topological polar surface area (TPSA) is 63.0 Å². The highest BCUT2D eigenvalue weighted by Crippen LogP contribution is 2.32. The van der Waals surface area contributed by atoms with Gasteiger partial charge in [0.25, 0.3) is 0 Å². The van der Waals surface area contributed by atoms with E-state index < -0.39 is 0 Å². The number of rotatable bonds is 4. The summed E-state index contributed by atoms with van der Waals surface area (Å²) >= 11 is 12.1. The normalized spacial score (nSPS) is 23.2. The van der Waals surface area contributed by atoms with Gasteiger partial charge in [-0.15, -0.1) is 0 Å². The smallest absolute Gasteiger partial charge is 0.161 e. The molecule has 4 nitrogen and oxygen atoms in total. The van der Waals surface area contributed by atoms with Gasteiger partial charge >= 0.3 is 0 Å². The van der Waals surface area contributed by atoms with Crippen LogP contribution in [-0.2, 0) is 0 Å². The summed E-state index contributed by atoms with van der Waals surface area (Å²) in [5.41, 5.74) is 2.48. The van der Waals surface area contributed by atoms with Crippen LogP contribution in [0.15, 0.2) is 6.07 Å². The van der Waals surface area contributed by atoms with Gasteiger partial charge in [0.2, 0.25) is 0 Å². The van der Waals surface area contributed by atoms with Crippen molar-refractivity contribution in [3.8, 4) is 0 Å². The highest BCUT2D eigenvalue weighted by molar-refractivity contribution is 6.37. The molecule has 1 aromatic rings. The summed E-state index contributed by atoms with van der Waals surface area (Å²) < 4.78 is 0. The molecule has 0 aromatic carbocycles. The number of aromatic nitrogens is 1. The van der Waals surface area contributed by atoms with Gasteiger partial charge in [-0.1, -0.05) is 49.4 Å². The van der Waals surface area contributed by atoms with Crippen molar-refractivity contribution in [2.24, 2.45) is 11.8 Å². The molecule has 1 aliphatic rings. The van der Waals surface area contributed by atoms with Crippen molar-refractivity contribution < 1.29 is 0 Å². The van der Waals surface area contributed by atoms with Crippen LogP contribution in [0.2, 0.25) is 10.0 Å². The van der Waals surface area contributed by atoms with Gasteiger partial charge in [0.1, 0.15) is 5.82 Å². The molecule has 1 aromatic heterocycles. The molecule has 19 heavy (non-hydrogen) atoms. The molecule has 1 aliphatic carbocycles. The molecule has 4 N–H and O–H groups in total. The summed E-state index contributed by atoms with van der Waals surface area (Å²) in [6.45, 7) is 2.25. The van der Waals surface area contributed by atoms with E-state index >= 15 is 0 Å². The SMILES string of the molecule is CCC1CCCC(Nc2nc(NN)c(Cl)cc2Cl)C1. The number of nitrogens with two attached hydrogens (primary N) is 1. The van der Waals surface area contributed by atoms with Crippen molar-refractivity contribution in [1.82, 2.24) is 4.98 Å². The molecule has 0 spiro atoms. The largest absolute Gasteiger partial charge is 0.366 e. The predicted molar refractivity (Wildman–Crippen MR) is 81.7 cm³/mol. The van der Waals surface area contributed by atoms with Crippen LogP contribution in [0, 0.1) is 5.92 Å². The van der Waals surface area contributed by atoms with Crippen molar-refractivity contribution >= 4 is 34.8 Å². The zero-order valence-electron chi connectivity index (χ0n) is 11.0. The van der Waals surface area contributed by atoms with E-state index in [2.05, 4.69) is 22.7 Å². The second kappa shape index (κ2) is 6.64. The molecule has 0 amide bonds. The zero-order valence-corrected chi connectivity index (χ0v) is 12.6.